The highest BCUT2D eigenvalue weighted by Crippen LogP contribution is 2.33. The molecule has 1 unspecified atom stereocenters. The van der Waals surface area contributed by atoms with Crippen LogP contribution in [0.5, 0.6) is 5.75 Å². The summed E-state index contributed by atoms with van der Waals surface area (Å²) in [6, 6.07) is 5.90. The molecule has 0 spiro atoms. The lowest BCUT2D eigenvalue weighted by atomic mass is 10.2. The van der Waals surface area contributed by atoms with E-state index in [-0.39, 0.29) is 16.7 Å². The third-order valence-corrected chi connectivity index (χ3v) is 4.43. The van der Waals surface area contributed by atoms with Crippen molar-refractivity contribution in [3.8, 4) is 5.75 Å². The maximum absolute atomic E-state index is 11.9. The Labute approximate surface area is 95.4 Å². The maximum Gasteiger partial charge on any atom is 0.244 e. The summed E-state index contributed by atoms with van der Waals surface area (Å²) < 4.78 is 26.4. The van der Waals surface area contributed by atoms with Gasteiger partial charge >= 0.3 is 0 Å². The fourth-order valence-electron chi connectivity index (χ4n) is 1.69. The maximum atomic E-state index is 11.9. The SMILES string of the molecule is CC(NS(=O)(=O)c1ccccc1O)C1CC1. The Bertz CT molecular complexity index is 480. The van der Waals surface area contributed by atoms with Gasteiger partial charge in [-0.05, 0) is 37.8 Å². The van der Waals surface area contributed by atoms with Crippen LogP contribution < -0.4 is 4.72 Å². The number of aromatic hydroxyl groups is 1. The molecule has 0 aliphatic heterocycles. The molecule has 2 rings (SSSR count). The zero-order chi connectivity index (χ0) is 11.8. The van der Waals surface area contributed by atoms with Crippen LogP contribution in [0.1, 0.15) is 19.8 Å². The normalized spacial score (nSPS) is 18.3. The first-order valence-corrected chi connectivity index (χ1v) is 6.79. The molecule has 2 N–H and O–H groups in total. The third-order valence-electron chi connectivity index (χ3n) is 2.82. The van der Waals surface area contributed by atoms with Crippen LogP contribution in [-0.4, -0.2) is 19.6 Å². The summed E-state index contributed by atoms with van der Waals surface area (Å²) in [5.74, 6) is 0.235. The van der Waals surface area contributed by atoms with E-state index in [1.54, 1.807) is 12.1 Å². The van der Waals surface area contributed by atoms with Crippen LogP contribution in [0.2, 0.25) is 0 Å². The van der Waals surface area contributed by atoms with Crippen LogP contribution in [0.4, 0.5) is 0 Å². The molecule has 1 aromatic carbocycles. The van der Waals surface area contributed by atoms with Crippen molar-refractivity contribution >= 4 is 10.0 Å². The van der Waals surface area contributed by atoms with E-state index in [0.29, 0.717) is 5.92 Å². The molecule has 88 valence electrons. The number of phenolic OH excluding ortho intramolecular Hbond substituents is 1. The first-order chi connectivity index (χ1) is 7.50. The fourth-order valence-corrected chi connectivity index (χ4v) is 3.10. The van der Waals surface area contributed by atoms with E-state index in [4.69, 9.17) is 0 Å². The molecular formula is C11H15NO3S. The smallest absolute Gasteiger partial charge is 0.244 e. The number of hydrogen-bond donors (Lipinski definition) is 2. The lowest BCUT2D eigenvalue weighted by Crippen LogP contribution is -2.34. The van der Waals surface area contributed by atoms with Crippen LogP contribution in [0.3, 0.4) is 0 Å². The second-order valence-corrected chi connectivity index (χ2v) is 5.90. The molecule has 1 aliphatic carbocycles. The highest BCUT2D eigenvalue weighted by Gasteiger charge is 2.31. The van der Waals surface area contributed by atoms with Crippen molar-refractivity contribution < 1.29 is 13.5 Å². The number of para-hydroxylation sites is 1. The van der Waals surface area contributed by atoms with Gasteiger partial charge in [-0.25, -0.2) is 13.1 Å². The van der Waals surface area contributed by atoms with Crippen molar-refractivity contribution in [2.45, 2.75) is 30.7 Å². The summed E-state index contributed by atoms with van der Waals surface area (Å²) in [5.41, 5.74) is 0. The predicted molar refractivity (Wildman–Crippen MR) is 60.6 cm³/mol. The molecule has 0 heterocycles. The minimum atomic E-state index is -3.60. The van der Waals surface area contributed by atoms with Gasteiger partial charge in [0.1, 0.15) is 10.6 Å². The van der Waals surface area contributed by atoms with Crippen LogP contribution in [0, 0.1) is 5.92 Å². The van der Waals surface area contributed by atoms with E-state index in [9.17, 15) is 13.5 Å². The molecule has 1 atom stereocenters. The quantitative estimate of drug-likeness (QED) is 0.839. The summed E-state index contributed by atoms with van der Waals surface area (Å²) >= 11 is 0. The molecule has 1 saturated carbocycles. The number of hydrogen-bond acceptors (Lipinski definition) is 3. The molecule has 16 heavy (non-hydrogen) atoms. The Morgan fingerprint density at radius 3 is 2.56 bits per heavy atom. The zero-order valence-corrected chi connectivity index (χ0v) is 9.87. The average molecular weight is 241 g/mol. The topological polar surface area (TPSA) is 66.4 Å². The summed E-state index contributed by atoms with van der Waals surface area (Å²) in [4.78, 5) is -0.0532. The highest BCUT2D eigenvalue weighted by atomic mass is 32.2. The van der Waals surface area contributed by atoms with Gasteiger partial charge in [-0.1, -0.05) is 12.1 Å². The van der Waals surface area contributed by atoms with Crippen molar-refractivity contribution in [1.82, 2.24) is 4.72 Å². The van der Waals surface area contributed by atoms with Gasteiger partial charge in [0.15, 0.2) is 0 Å². The predicted octanol–water partition coefficient (Wildman–Crippen LogP) is 1.47. The Hall–Kier alpha value is -1.07. The minimum absolute atomic E-state index is 0.0532. The molecule has 0 bridgehead atoms. The first-order valence-electron chi connectivity index (χ1n) is 5.31. The monoisotopic (exact) mass is 241 g/mol. The van der Waals surface area contributed by atoms with Gasteiger partial charge in [0, 0.05) is 6.04 Å². The number of benzene rings is 1. The van der Waals surface area contributed by atoms with Gasteiger partial charge in [0.05, 0.1) is 0 Å². The summed E-state index contributed by atoms with van der Waals surface area (Å²) in [5, 5.41) is 9.49. The van der Waals surface area contributed by atoms with Crippen molar-refractivity contribution in [1.29, 1.82) is 0 Å². The van der Waals surface area contributed by atoms with Crippen LogP contribution in [0.25, 0.3) is 0 Å². The van der Waals surface area contributed by atoms with Crippen LogP contribution in [0.15, 0.2) is 29.2 Å². The van der Waals surface area contributed by atoms with Crippen molar-refractivity contribution in [2.75, 3.05) is 0 Å². The van der Waals surface area contributed by atoms with E-state index >= 15 is 0 Å². The standard InChI is InChI=1S/C11H15NO3S/c1-8(9-6-7-9)12-16(14,15)11-5-3-2-4-10(11)13/h2-5,8-9,12-13H,6-7H2,1H3. The second-order valence-electron chi connectivity index (χ2n) is 4.22. The van der Waals surface area contributed by atoms with Gasteiger partial charge in [0.25, 0.3) is 0 Å². The van der Waals surface area contributed by atoms with Crippen LogP contribution >= 0.6 is 0 Å². The minimum Gasteiger partial charge on any atom is -0.507 e. The lowest BCUT2D eigenvalue weighted by Gasteiger charge is -2.13. The number of rotatable bonds is 4. The van der Waals surface area contributed by atoms with Gasteiger partial charge < -0.3 is 5.11 Å². The fraction of sp³-hybridized carbons (Fsp3) is 0.455. The number of sulfonamides is 1. The van der Waals surface area contributed by atoms with Gasteiger partial charge in [-0.15, -0.1) is 0 Å². The van der Waals surface area contributed by atoms with Crippen molar-refractivity contribution in [2.24, 2.45) is 5.92 Å². The summed E-state index contributed by atoms with van der Waals surface area (Å²) in [6.45, 7) is 1.86. The molecule has 1 fully saturated rings. The summed E-state index contributed by atoms with van der Waals surface area (Å²) in [7, 11) is -3.60. The molecule has 1 aliphatic rings. The van der Waals surface area contributed by atoms with Gasteiger partial charge in [0.2, 0.25) is 10.0 Å². The Morgan fingerprint density at radius 1 is 1.38 bits per heavy atom. The zero-order valence-electron chi connectivity index (χ0n) is 9.05. The highest BCUT2D eigenvalue weighted by molar-refractivity contribution is 7.89. The average Bonchev–Trinajstić information content (AvgIpc) is 3.00. The first kappa shape index (κ1) is 11.4. The third kappa shape index (κ3) is 2.36. The van der Waals surface area contributed by atoms with E-state index < -0.39 is 10.0 Å². The molecule has 0 saturated heterocycles. The molecule has 0 amide bonds. The van der Waals surface area contributed by atoms with E-state index in [2.05, 4.69) is 4.72 Å². The van der Waals surface area contributed by atoms with E-state index in [0.717, 1.165) is 12.8 Å². The van der Waals surface area contributed by atoms with E-state index in [1.807, 2.05) is 6.92 Å². The Kier molecular flexibility index (Phi) is 2.90. The van der Waals surface area contributed by atoms with E-state index in [1.165, 1.54) is 12.1 Å². The molecule has 4 nitrogen and oxygen atoms in total. The second kappa shape index (κ2) is 4.07. The van der Waals surface area contributed by atoms with Crippen molar-refractivity contribution in [3.63, 3.8) is 0 Å². The Balaban J connectivity index is 2.21. The molecular weight excluding hydrogens is 226 g/mol. The molecule has 1 aromatic rings. The summed E-state index contributed by atoms with van der Waals surface area (Å²) in [6.07, 6.45) is 2.15. The number of nitrogens with one attached hydrogen (secondary N) is 1. The molecule has 0 aromatic heterocycles. The van der Waals surface area contributed by atoms with Gasteiger partial charge in [-0.2, -0.15) is 0 Å². The lowest BCUT2D eigenvalue weighted by molar-refractivity contribution is 0.456. The Morgan fingerprint density at radius 2 is 2.00 bits per heavy atom. The van der Waals surface area contributed by atoms with Crippen molar-refractivity contribution in [3.05, 3.63) is 24.3 Å². The molecule has 5 heteroatoms. The number of phenols is 1. The largest absolute Gasteiger partial charge is 0.507 e. The van der Waals surface area contributed by atoms with Gasteiger partial charge in [-0.3, -0.25) is 0 Å². The molecule has 0 radical (unpaired) electrons. The van der Waals surface area contributed by atoms with Crippen LogP contribution in [-0.2, 0) is 10.0 Å².